The topological polar surface area (TPSA) is 49.3 Å². The van der Waals surface area contributed by atoms with Crippen LogP contribution in [0.1, 0.15) is 61.1 Å². The summed E-state index contributed by atoms with van der Waals surface area (Å²) in [5.74, 6) is 2.22. The van der Waals surface area contributed by atoms with Gasteiger partial charge in [-0.05, 0) is 43.4 Å². The third kappa shape index (κ3) is 5.04. The highest BCUT2D eigenvalue weighted by molar-refractivity contribution is 7.98. The minimum absolute atomic E-state index is 0.0590. The van der Waals surface area contributed by atoms with Crippen molar-refractivity contribution >= 4 is 23.5 Å². The number of nitrogens with zero attached hydrogens (tertiary/aromatic N) is 4. The maximum atomic E-state index is 12.4. The summed E-state index contributed by atoms with van der Waals surface area (Å²) in [5.41, 5.74) is 2.94. The van der Waals surface area contributed by atoms with Gasteiger partial charge < -0.3 is 9.80 Å². The smallest absolute Gasteiger partial charge is 0.253 e. The molecule has 1 fully saturated rings. The Bertz CT molecular complexity index is 818. The second kappa shape index (κ2) is 9.41. The molecule has 150 valence electrons. The normalized spacial score (nSPS) is 14.0. The second-order valence-electron chi connectivity index (χ2n) is 7.59. The lowest BCUT2D eigenvalue weighted by Crippen LogP contribution is -2.26. The molecule has 1 saturated heterocycles. The maximum absolute atomic E-state index is 12.4. The van der Waals surface area contributed by atoms with Gasteiger partial charge in [-0.15, -0.1) is 0 Å². The molecule has 2 heterocycles. The van der Waals surface area contributed by atoms with Crippen molar-refractivity contribution in [3.63, 3.8) is 0 Å². The lowest BCUT2D eigenvalue weighted by molar-refractivity contribution is 0.0802. The average Bonchev–Trinajstić information content (AvgIpc) is 3.26. The average molecular weight is 399 g/mol. The highest BCUT2D eigenvalue weighted by Gasteiger charge is 2.17. The molecule has 1 aliphatic rings. The minimum Gasteiger partial charge on any atom is -0.356 e. The van der Waals surface area contributed by atoms with E-state index in [-0.39, 0.29) is 5.91 Å². The number of hydrogen-bond donors (Lipinski definition) is 0. The van der Waals surface area contributed by atoms with Crippen LogP contribution in [0.3, 0.4) is 0 Å². The number of thioether (sulfide) groups is 1. The molecule has 0 N–H and O–H groups in total. The lowest BCUT2D eigenvalue weighted by Gasteiger charge is -2.19. The standard InChI is InChI=1S/C22H30N4OS/c1-5-25(4)21(27)18-10-8-9-17(13-18)15-28-22-23-19(16(2)3)14-20(24-22)26-11-6-7-12-26/h8-10,13-14,16H,5-7,11-12,15H2,1-4H3. The monoisotopic (exact) mass is 398 g/mol. The van der Waals surface area contributed by atoms with Crippen molar-refractivity contribution in [2.45, 2.75) is 50.4 Å². The summed E-state index contributed by atoms with van der Waals surface area (Å²) in [6, 6.07) is 10.0. The van der Waals surface area contributed by atoms with Gasteiger partial charge in [0.1, 0.15) is 5.82 Å². The highest BCUT2D eigenvalue weighted by atomic mass is 32.2. The molecular formula is C22H30N4OS. The minimum atomic E-state index is 0.0590. The molecule has 1 aromatic carbocycles. The summed E-state index contributed by atoms with van der Waals surface area (Å²) >= 11 is 1.64. The van der Waals surface area contributed by atoms with E-state index in [1.807, 2.05) is 32.2 Å². The van der Waals surface area contributed by atoms with E-state index >= 15 is 0 Å². The molecule has 1 amide bonds. The van der Waals surface area contributed by atoms with E-state index in [9.17, 15) is 4.79 Å². The molecular weight excluding hydrogens is 368 g/mol. The molecule has 1 aliphatic heterocycles. The molecule has 0 aliphatic carbocycles. The molecule has 0 atom stereocenters. The third-order valence-electron chi connectivity index (χ3n) is 5.10. The largest absolute Gasteiger partial charge is 0.356 e. The number of carbonyl (C=O) groups is 1. The van der Waals surface area contributed by atoms with E-state index < -0.39 is 0 Å². The number of hydrogen-bond acceptors (Lipinski definition) is 5. The molecule has 28 heavy (non-hydrogen) atoms. The first-order chi connectivity index (χ1) is 13.5. The molecule has 2 aromatic rings. The van der Waals surface area contributed by atoms with Crippen LogP contribution < -0.4 is 4.90 Å². The van der Waals surface area contributed by atoms with Gasteiger partial charge in [-0.1, -0.05) is 37.7 Å². The molecule has 5 nitrogen and oxygen atoms in total. The van der Waals surface area contributed by atoms with Crippen molar-refractivity contribution in [3.05, 3.63) is 47.2 Å². The van der Waals surface area contributed by atoms with E-state index in [1.165, 1.54) is 12.8 Å². The Morgan fingerprint density at radius 3 is 2.64 bits per heavy atom. The van der Waals surface area contributed by atoms with Crippen LogP contribution in [0.15, 0.2) is 35.5 Å². The quantitative estimate of drug-likeness (QED) is 0.504. The number of rotatable bonds is 7. The third-order valence-corrected chi connectivity index (χ3v) is 6.01. The fourth-order valence-corrected chi connectivity index (χ4v) is 4.01. The van der Waals surface area contributed by atoms with Crippen LogP contribution in [0, 0.1) is 0 Å². The summed E-state index contributed by atoms with van der Waals surface area (Å²) in [6.07, 6.45) is 2.47. The molecule has 1 aromatic heterocycles. The Morgan fingerprint density at radius 2 is 1.96 bits per heavy atom. The number of carbonyl (C=O) groups excluding carboxylic acids is 1. The van der Waals surface area contributed by atoms with Crippen molar-refractivity contribution in [1.82, 2.24) is 14.9 Å². The zero-order valence-corrected chi connectivity index (χ0v) is 18.1. The van der Waals surface area contributed by atoms with Crippen molar-refractivity contribution in [2.24, 2.45) is 0 Å². The Labute approximate surface area is 172 Å². The van der Waals surface area contributed by atoms with Gasteiger partial charge in [0.25, 0.3) is 5.91 Å². The highest BCUT2D eigenvalue weighted by Crippen LogP contribution is 2.27. The van der Waals surface area contributed by atoms with Crippen LogP contribution in [0.2, 0.25) is 0 Å². The Kier molecular flexibility index (Phi) is 6.94. The summed E-state index contributed by atoms with van der Waals surface area (Å²) in [5, 5.41) is 0.815. The molecule has 3 rings (SSSR count). The summed E-state index contributed by atoms with van der Waals surface area (Å²) in [4.78, 5) is 26.1. The number of anilines is 1. The van der Waals surface area contributed by atoms with Gasteiger partial charge in [0.05, 0.1) is 0 Å². The van der Waals surface area contributed by atoms with Gasteiger partial charge in [-0.2, -0.15) is 0 Å². The fraction of sp³-hybridized carbons (Fsp3) is 0.500. The van der Waals surface area contributed by atoms with Crippen LogP contribution in [0.5, 0.6) is 0 Å². The number of aromatic nitrogens is 2. The predicted octanol–water partition coefficient (Wildman–Crippen LogP) is 4.58. The van der Waals surface area contributed by atoms with E-state index in [0.717, 1.165) is 46.6 Å². The summed E-state index contributed by atoms with van der Waals surface area (Å²) in [6.45, 7) is 9.18. The van der Waals surface area contributed by atoms with Gasteiger partial charge in [-0.3, -0.25) is 4.79 Å². The van der Waals surface area contributed by atoms with Crippen LogP contribution in [0.25, 0.3) is 0 Å². The van der Waals surface area contributed by atoms with Gasteiger partial charge in [0.15, 0.2) is 5.16 Å². The van der Waals surface area contributed by atoms with Crippen molar-refractivity contribution < 1.29 is 4.79 Å². The Balaban J connectivity index is 1.76. The van der Waals surface area contributed by atoms with Gasteiger partial charge >= 0.3 is 0 Å². The summed E-state index contributed by atoms with van der Waals surface area (Å²) in [7, 11) is 1.83. The van der Waals surface area contributed by atoms with E-state index in [0.29, 0.717) is 12.5 Å². The molecule has 0 saturated carbocycles. The van der Waals surface area contributed by atoms with Gasteiger partial charge in [0.2, 0.25) is 0 Å². The van der Waals surface area contributed by atoms with Crippen molar-refractivity contribution in [1.29, 1.82) is 0 Å². The Morgan fingerprint density at radius 1 is 1.21 bits per heavy atom. The lowest BCUT2D eigenvalue weighted by atomic mass is 10.1. The summed E-state index contributed by atoms with van der Waals surface area (Å²) < 4.78 is 0. The first-order valence-corrected chi connectivity index (χ1v) is 11.1. The Hall–Kier alpha value is -2.08. The number of benzene rings is 1. The van der Waals surface area contributed by atoms with Crippen LogP contribution in [0.4, 0.5) is 5.82 Å². The van der Waals surface area contributed by atoms with Gasteiger partial charge in [-0.25, -0.2) is 9.97 Å². The predicted molar refractivity (Wildman–Crippen MR) is 116 cm³/mol. The first-order valence-electron chi connectivity index (χ1n) is 10.1. The van der Waals surface area contributed by atoms with Crippen LogP contribution >= 0.6 is 11.8 Å². The van der Waals surface area contributed by atoms with Gasteiger partial charge in [0, 0.05) is 49.8 Å². The number of amides is 1. The van der Waals surface area contributed by atoms with Crippen LogP contribution in [-0.4, -0.2) is 47.5 Å². The fourth-order valence-electron chi connectivity index (χ4n) is 3.20. The molecule has 0 bridgehead atoms. The molecule has 0 spiro atoms. The van der Waals surface area contributed by atoms with Crippen molar-refractivity contribution in [3.8, 4) is 0 Å². The van der Waals surface area contributed by atoms with E-state index in [1.54, 1.807) is 16.7 Å². The molecule has 6 heteroatoms. The zero-order valence-electron chi connectivity index (χ0n) is 17.3. The molecule has 0 radical (unpaired) electrons. The molecule has 0 unspecified atom stereocenters. The second-order valence-corrected chi connectivity index (χ2v) is 8.53. The van der Waals surface area contributed by atoms with Crippen molar-refractivity contribution in [2.75, 3.05) is 31.6 Å². The zero-order chi connectivity index (χ0) is 20.1. The van der Waals surface area contributed by atoms with Crippen LogP contribution in [-0.2, 0) is 5.75 Å². The first kappa shape index (κ1) is 20.6. The van der Waals surface area contributed by atoms with E-state index in [4.69, 9.17) is 9.97 Å². The maximum Gasteiger partial charge on any atom is 0.253 e. The SMILES string of the molecule is CCN(C)C(=O)c1cccc(CSc2nc(C(C)C)cc(N3CCCC3)n2)c1. The van der Waals surface area contributed by atoms with E-state index in [2.05, 4.69) is 30.9 Å².